The molecule has 0 aliphatic heterocycles. The largest absolute Gasteiger partial charge is 0.436 e. The Balaban J connectivity index is 1.70. The molecule has 1 saturated carbocycles. The smallest absolute Gasteiger partial charge is 0.238 e. The first kappa shape index (κ1) is 12.4. The van der Waals surface area contributed by atoms with E-state index in [2.05, 4.69) is 15.3 Å². The van der Waals surface area contributed by atoms with E-state index in [0.717, 1.165) is 12.2 Å². The first-order chi connectivity index (χ1) is 9.31. The van der Waals surface area contributed by atoms with Gasteiger partial charge in [0, 0.05) is 18.8 Å². The second kappa shape index (κ2) is 5.55. The Bertz CT molecular complexity index is 572. The number of nitrogens with zero attached hydrogens (tertiary/aromatic N) is 2. The first-order valence-corrected chi connectivity index (χ1v) is 6.66. The summed E-state index contributed by atoms with van der Waals surface area (Å²) < 4.78 is 5.64. The summed E-state index contributed by atoms with van der Waals surface area (Å²) in [5, 5.41) is 3.95. The van der Waals surface area contributed by atoms with Crippen LogP contribution in [0.25, 0.3) is 0 Å². The lowest BCUT2D eigenvalue weighted by molar-refractivity contribution is 0.456. The van der Waals surface area contributed by atoms with Gasteiger partial charge in [-0.05, 0) is 25.0 Å². The number of aromatic nitrogens is 2. The van der Waals surface area contributed by atoms with Gasteiger partial charge in [-0.2, -0.15) is 0 Å². The third-order valence-electron chi connectivity index (χ3n) is 2.86. The predicted octanol–water partition coefficient (Wildman–Crippen LogP) is 3.17. The van der Waals surface area contributed by atoms with Crippen molar-refractivity contribution in [1.82, 2.24) is 15.3 Å². The predicted molar refractivity (Wildman–Crippen MR) is 73.4 cm³/mol. The van der Waals surface area contributed by atoms with E-state index in [1.54, 1.807) is 24.5 Å². The first-order valence-electron chi connectivity index (χ1n) is 6.28. The molecule has 0 unspecified atom stereocenters. The van der Waals surface area contributed by atoms with E-state index in [-0.39, 0.29) is 0 Å². The Morgan fingerprint density at radius 3 is 2.89 bits per heavy atom. The maximum Gasteiger partial charge on any atom is 0.238 e. The van der Waals surface area contributed by atoms with Crippen molar-refractivity contribution in [1.29, 1.82) is 0 Å². The molecule has 1 fully saturated rings. The van der Waals surface area contributed by atoms with E-state index in [1.807, 2.05) is 12.1 Å². The molecule has 1 aromatic heterocycles. The molecule has 4 nitrogen and oxygen atoms in total. The fraction of sp³-hybridized carbons (Fsp3) is 0.286. The Morgan fingerprint density at radius 1 is 1.26 bits per heavy atom. The molecule has 0 amide bonds. The summed E-state index contributed by atoms with van der Waals surface area (Å²) >= 11 is 6.04. The van der Waals surface area contributed by atoms with Gasteiger partial charge < -0.3 is 10.1 Å². The monoisotopic (exact) mass is 275 g/mol. The second-order valence-corrected chi connectivity index (χ2v) is 4.94. The zero-order valence-corrected chi connectivity index (χ0v) is 11.1. The minimum atomic E-state index is 0.461. The van der Waals surface area contributed by atoms with Crippen LogP contribution in [0, 0.1) is 0 Å². The van der Waals surface area contributed by atoms with E-state index in [4.69, 9.17) is 16.3 Å². The number of nitrogens with one attached hydrogen (secondary N) is 1. The van der Waals surface area contributed by atoms with Crippen molar-refractivity contribution in [2.45, 2.75) is 25.4 Å². The van der Waals surface area contributed by atoms with Gasteiger partial charge in [0.25, 0.3) is 0 Å². The average Bonchev–Trinajstić information content (AvgIpc) is 3.24. The molecule has 0 saturated heterocycles. The third kappa shape index (κ3) is 3.43. The summed E-state index contributed by atoms with van der Waals surface area (Å²) in [6, 6.07) is 7.96. The molecule has 2 aromatic rings. The Morgan fingerprint density at radius 2 is 2.11 bits per heavy atom. The molecule has 1 aliphatic rings. The summed E-state index contributed by atoms with van der Waals surface area (Å²) in [5.74, 6) is 1.05. The summed E-state index contributed by atoms with van der Waals surface area (Å²) in [4.78, 5) is 8.54. The molecule has 19 heavy (non-hydrogen) atoms. The Kier molecular flexibility index (Phi) is 3.62. The van der Waals surface area contributed by atoms with Crippen molar-refractivity contribution in [2.24, 2.45) is 0 Å². The van der Waals surface area contributed by atoms with E-state index >= 15 is 0 Å². The van der Waals surface area contributed by atoms with Crippen LogP contribution in [0.5, 0.6) is 11.6 Å². The van der Waals surface area contributed by atoms with Crippen molar-refractivity contribution in [3.63, 3.8) is 0 Å². The maximum absolute atomic E-state index is 6.04. The molecule has 1 aromatic carbocycles. The lowest BCUT2D eigenvalue weighted by Crippen LogP contribution is -2.16. The molecule has 0 radical (unpaired) electrons. The molecule has 0 bridgehead atoms. The highest BCUT2D eigenvalue weighted by molar-refractivity contribution is 6.32. The molecule has 5 heteroatoms. The number of benzene rings is 1. The van der Waals surface area contributed by atoms with Crippen LogP contribution < -0.4 is 10.1 Å². The molecule has 0 atom stereocenters. The summed E-state index contributed by atoms with van der Waals surface area (Å²) in [6.07, 6.45) is 5.84. The van der Waals surface area contributed by atoms with Crippen molar-refractivity contribution in [3.05, 3.63) is 47.4 Å². The van der Waals surface area contributed by atoms with Crippen LogP contribution >= 0.6 is 11.6 Å². The van der Waals surface area contributed by atoms with E-state index in [9.17, 15) is 0 Å². The zero-order valence-electron chi connectivity index (χ0n) is 10.3. The normalized spacial score (nSPS) is 14.4. The third-order valence-corrected chi connectivity index (χ3v) is 3.17. The number of hydrogen-bond donors (Lipinski definition) is 1. The fourth-order valence-electron chi connectivity index (χ4n) is 1.70. The van der Waals surface area contributed by atoms with Crippen LogP contribution in [-0.4, -0.2) is 16.0 Å². The molecular formula is C14H14ClN3O. The van der Waals surface area contributed by atoms with Gasteiger partial charge in [0.1, 0.15) is 5.75 Å². The van der Waals surface area contributed by atoms with Crippen LogP contribution in [0.3, 0.4) is 0 Å². The van der Waals surface area contributed by atoms with E-state index < -0.39 is 0 Å². The number of hydrogen-bond acceptors (Lipinski definition) is 4. The van der Waals surface area contributed by atoms with Crippen molar-refractivity contribution in [2.75, 3.05) is 0 Å². The number of halogens is 1. The molecule has 1 aliphatic carbocycles. The van der Waals surface area contributed by atoms with Crippen molar-refractivity contribution < 1.29 is 4.74 Å². The van der Waals surface area contributed by atoms with Gasteiger partial charge in [0.2, 0.25) is 5.88 Å². The minimum absolute atomic E-state index is 0.461. The SMILES string of the molecule is Clc1ccccc1Oc1cncc(CNC2CC2)n1. The topological polar surface area (TPSA) is 47.0 Å². The van der Waals surface area contributed by atoms with Gasteiger partial charge in [-0.3, -0.25) is 4.98 Å². The number of rotatable bonds is 5. The fourth-order valence-corrected chi connectivity index (χ4v) is 1.87. The van der Waals surface area contributed by atoms with Crippen LogP contribution in [0.1, 0.15) is 18.5 Å². The molecule has 0 spiro atoms. The Hall–Kier alpha value is -1.65. The van der Waals surface area contributed by atoms with Gasteiger partial charge in [-0.25, -0.2) is 4.98 Å². The van der Waals surface area contributed by atoms with Gasteiger partial charge >= 0.3 is 0 Å². The number of para-hydroxylation sites is 1. The molecular weight excluding hydrogens is 262 g/mol. The Labute approximate surface area is 116 Å². The summed E-state index contributed by atoms with van der Waals surface area (Å²) in [5.41, 5.74) is 0.872. The van der Waals surface area contributed by atoms with E-state index in [0.29, 0.717) is 22.7 Å². The quantitative estimate of drug-likeness (QED) is 0.910. The lowest BCUT2D eigenvalue weighted by Gasteiger charge is -2.07. The van der Waals surface area contributed by atoms with Gasteiger partial charge in [-0.15, -0.1) is 0 Å². The molecule has 3 rings (SSSR count). The standard InChI is InChI=1S/C14H14ClN3O/c15-12-3-1-2-4-13(12)19-14-9-16-7-11(18-14)8-17-10-5-6-10/h1-4,7,9-10,17H,5-6,8H2. The molecule has 98 valence electrons. The number of ether oxygens (including phenoxy) is 1. The highest BCUT2D eigenvalue weighted by atomic mass is 35.5. The van der Waals surface area contributed by atoms with Crippen molar-refractivity contribution >= 4 is 11.6 Å². The van der Waals surface area contributed by atoms with E-state index in [1.165, 1.54) is 12.8 Å². The highest BCUT2D eigenvalue weighted by Crippen LogP contribution is 2.27. The van der Waals surface area contributed by atoms with Crippen LogP contribution in [0.2, 0.25) is 5.02 Å². The lowest BCUT2D eigenvalue weighted by atomic mass is 10.3. The van der Waals surface area contributed by atoms with Gasteiger partial charge in [0.15, 0.2) is 0 Å². The molecule has 1 N–H and O–H groups in total. The van der Waals surface area contributed by atoms with Gasteiger partial charge in [0.05, 0.1) is 16.9 Å². The van der Waals surface area contributed by atoms with Crippen LogP contribution in [-0.2, 0) is 6.54 Å². The van der Waals surface area contributed by atoms with Crippen LogP contribution in [0.4, 0.5) is 0 Å². The van der Waals surface area contributed by atoms with Crippen molar-refractivity contribution in [3.8, 4) is 11.6 Å². The van der Waals surface area contributed by atoms with Crippen LogP contribution in [0.15, 0.2) is 36.7 Å². The summed E-state index contributed by atoms with van der Waals surface area (Å²) in [6.45, 7) is 0.720. The molecule has 1 heterocycles. The van der Waals surface area contributed by atoms with Gasteiger partial charge in [-0.1, -0.05) is 23.7 Å². The minimum Gasteiger partial charge on any atom is -0.436 e. The summed E-state index contributed by atoms with van der Waals surface area (Å²) in [7, 11) is 0. The average molecular weight is 276 g/mol. The second-order valence-electron chi connectivity index (χ2n) is 4.54. The zero-order chi connectivity index (χ0) is 13.1. The maximum atomic E-state index is 6.04. The highest BCUT2D eigenvalue weighted by Gasteiger charge is 2.20.